The molecule has 1 heterocycles. The molecule has 0 aliphatic rings. The molecule has 0 bridgehead atoms. The van der Waals surface area contributed by atoms with Crippen LogP contribution in [0.1, 0.15) is 37.2 Å². The number of Topliss-reactive ketones (excluding diaryl/α,β-unsaturated/α-hetero) is 1. The van der Waals surface area contributed by atoms with Gasteiger partial charge in [0.15, 0.2) is 5.78 Å². The summed E-state index contributed by atoms with van der Waals surface area (Å²) in [6.45, 7) is 4.06. The van der Waals surface area contributed by atoms with Crippen molar-refractivity contribution in [3.63, 3.8) is 0 Å². The second kappa shape index (κ2) is 5.25. The summed E-state index contributed by atoms with van der Waals surface area (Å²) in [5.41, 5.74) is 0.557. The molecule has 0 aromatic carbocycles. The lowest BCUT2D eigenvalue weighted by Gasteiger charge is -2.10. The first-order valence-corrected chi connectivity index (χ1v) is 5.64. The number of carbonyl (C=O) groups is 1. The Morgan fingerprint density at radius 2 is 2.14 bits per heavy atom. The van der Waals surface area contributed by atoms with Gasteiger partial charge in [-0.2, -0.15) is 0 Å². The Kier molecular flexibility index (Phi) is 4.26. The molecule has 0 amide bonds. The molecule has 0 N–H and O–H groups in total. The Morgan fingerprint density at radius 3 is 2.64 bits per heavy atom. The number of hydrogen-bond donors (Lipinski definition) is 0. The molecule has 0 unspecified atom stereocenters. The van der Waals surface area contributed by atoms with Crippen LogP contribution in [-0.4, -0.2) is 10.8 Å². The third-order valence-electron chi connectivity index (χ3n) is 2.35. The van der Waals surface area contributed by atoms with Crippen LogP contribution in [0.25, 0.3) is 0 Å². The zero-order valence-corrected chi connectivity index (χ0v) is 10.0. The topological polar surface area (TPSA) is 30.0 Å². The zero-order valence-electron chi connectivity index (χ0n) is 8.46. The molecule has 76 valence electrons. The normalized spacial score (nSPS) is 10.6. The van der Waals surface area contributed by atoms with Crippen LogP contribution in [0.15, 0.2) is 22.8 Å². The van der Waals surface area contributed by atoms with Gasteiger partial charge in [0.1, 0.15) is 5.69 Å². The van der Waals surface area contributed by atoms with Crippen LogP contribution in [-0.2, 0) is 0 Å². The van der Waals surface area contributed by atoms with E-state index in [1.165, 1.54) is 0 Å². The zero-order chi connectivity index (χ0) is 10.6. The van der Waals surface area contributed by atoms with Gasteiger partial charge < -0.3 is 0 Å². The van der Waals surface area contributed by atoms with Gasteiger partial charge in [-0.25, -0.2) is 0 Å². The molecule has 0 aliphatic heterocycles. The molecule has 0 spiro atoms. The van der Waals surface area contributed by atoms with E-state index in [9.17, 15) is 4.79 Å². The first-order valence-electron chi connectivity index (χ1n) is 4.85. The fraction of sp³-hybridized carbons (Fsp3) is 0.455. The van der Waals surface area contributed by atoms with Gasteiger partial charge in [0, 0.05) is 16.6 Å². The summed E-state index contributed by atoms with van der Waals surface area (Å²) >= 11 is 3.34. The molecule has 3 heteroatoms. The molecule has 1 rings (SSSR count). The summed E-state index contributed by atoms with van der Waals surface area (Å²) in [5.74, 6) is 0.240. The van der Waals surface area contributed by atoms with Gasteiger partial charge in [-0.15, -0.1) is 0 Å². The van der Waals surface area contributed by atoms with Crippen molar-refractivity contribution in [3.8, 4) is 0 Å². The van der Waals surface area contributed by atoms with Crippen molar-refractivity contribution in [2.45, 2.75) is 26.7 Å². The summed E-state index contributed by atoms with van der Waals surface area (Å²) < 4.78 is 0.789. The molecule has 2 nitrogen and oxygen atoms in total. The second-order valence-corrected chi connectivity index (χ2v) is 4.07. The van der Waals surface area contributed by atoms with Crippen LogP contribution in [0.5, 0.6) is 0 Å². The van der Waals surface area contributed by atoms with E-state index in [1.54, 1.807) is 6.20 Å². The number of ketones is 1. The van der Waals surface area contributed by atoms with Gasteiger partial charge in [-0.3, -0.25) is 9.78 Å². The first kappa shape index (κ1) is 11.4. The number of hydrogen-bond acceptors (Lipinski definition) is 2. The van der Waals surface area contributed by atoms with Crippen molar-refractivity contribution in [2.24, 2.45) is 5.92 Å². The largest absolute Gasteiger partial charge is 0.292 e. The average Bonchev–Trinajstić information content (AvgIpc) is 2.20. The summed E-state index contributed by atoms with van der Waals surface area (Å²) in [6, 6.07) is 3.66. The van der Waals surface area contributed by atoms with E-state index in [1.807, 2.05) is 26.0 Å². The van der Waals surface area contributed by atoms with Gasteiger partial charge in [0.25, 0.3) is 0 Å². The van der Waals surface area contributed by atoms with E-state index in [0.29, 0.717) is 5.69 Å². The fourth-order valence-electron chi connectivity index (χ4n) is 1.42. The number of halogens is 1. The summed E-state index contributed by atoms with van der Waals surface area (Å²) in [4.78, 5) is 16.0. The van der Waals surface area contributed by atoms with Crippen molar-refractivity contribution in [3.05, 3.63) is 28.5 Å². The predicted octanol–water partition coefficient (Wildman–Crippen LogP) is 3.46. The highest BCUT2D eigenvalue weighted by atomic mass is 79.9. The van der Waals surface area contributed by atoms with Crippen LogP contribution in [0.4, 0.5) is 0 Å². The number of carbonyl (C=O) groups excluding carboxylic acids is 1. The third-order valence-corrected chi connectivity index (χ3v) is 2.99. The van der Waals surface area contributed by atoms with Crippen LogP contribution >= 0.6 is 15.9 Å². The van der Waals surface area contributed by atoms with E-state index in [0.717, 1.165) is 17.3 Å². The lowest BCUT2D eigenvalue weighted by Crippen LogP contribution is -2.15. The monoisotopic (exact) mass is 255 g/mol. The Labute approximate surface area is 92.9 Å². The average molecular weight is 256 g/mol. The Bertz CT molecular complexity index is 321. The maximum absolute atomic E-state index is 11.9. The molecule has 1 aromatic heterocycles. The lowest BCUT2D eigenvalue weighted by atomic mass is 9.96. The van der Waals surface area contributed by atoms with Gasteiger partial charge in [-0.05, 0) is 40.9 Å². The van der Waals surface area contributed by atoms with Gasteiger partial charge in [0.2, 0.25) is 0 Å². The molecular weight excluding hydrogens is 242 g/mol. The Hall–Kier alpha value is -0.700. The summed E-state index contributed by atoms with van der Waals surface area (Å²) in [7, 11) is 0. The smallest absolute Gasteiger partial charge is 0.185 e. The lowest BCUT2D eigenvalue weighted by molar-refractivity contribution is 0.0907. The van der Waals surface area contributed by atoms with Crippen LogP contribution in [0.3, 0.4) is 0 Å². The fourth-order valence-corrected chi connectivity index (χ4v) is 1.87. The molecule has 1 aromatic rings. The molecule has 0 saturated carbocycles. The molecule has 0 saturated heterocycles. The van der Waals surface area contributed by atoms with Gasteiger partial charge in [-0.1, -0.05) is 13.8 Å². The maximum Gasteiger partial charge on any atom is 0.185 e. The summed E-state index contributed by atoms with van der Waals surface area (Å²) in [6.07, 6.45) is 3.40. The molecule has 0 fully saturated rings. The SMILES string of the molecule is CCC(CC)C(=O)c1ncccc1Br. The van der Waals surface area contributed by atoms with Crippen LogP contribution in [0, 0.1) is 5.92 Å². The first-order chi connectivity index (χ1) is 6.70. The highest BCUT2D eigenvalue weighted by molar-refractivity contribution is 9.10. The molecule has 0 radical (unpaired) electrons. The highest BCUT2D eigenvalue weighted by Crippen LogP contribution is 2.20. The van der Waals surface area contributed by atoms with E-state index in [-0.39, 0.29) is 11.7 Å². The van der Waals surface area contributed by atoms with Crippen molar-refractivity contribution >= 4 is 21.7 Å². The second-order valence-electron chi connectivity index (χ2n) is 3.21. The highest BCUT2D eigenvalue weighted by Gasteiger charge is 2.19. The maximum atomic E-state index is 11.9. The molecule has 0 atom stereocenters. The van der Waals surface area contributed by atoms with E-state index in [4.69, 9.17) is 0 Å². The van der Waals surface area contributed by atoms with E-state index < -0.39 is 0 Å². The third kappa shape index (κ3) is 2.41. The predicted molar refractivity (Wildman–Crippen MR) is 60.3 cm³/mol. The van der Waals surface area contributed by atoms with Crippen molar-refractivity contribution < 1.29 is 4.79 Å². The van der Waals surface area contributed by atoms with Gasteiger partial charge in [0.05, 0.1) is 0 Å². The van der Waals surface area contributed by atoms with Crippen molar-refractivity contribution in [1.29, 1.82) is 0 Å². The van der Waals surface area contributed by atoms with E-state index >= 15 is 0 Å². The minimum Gasteiger partial charge on any atom is -0.292 e. The Morgan fingerprint density at radius 1 is 1.50 bits per heavy atom. The van der Waals surface area contributed by atoms with E-state index in [2.05, 4.69) is 20.9 Å². The standard InChI is InChI=1S/C11H14BrNO/c1-3-8(4-2)11(14)10-9(12)6-5-7-13-10/h5-8H,3-4H2,1-2H3. The quantitative estimate of drug-likeness (QED) is 0.772. The molecule has 14 heavy (non-hydrogen) atoms. The van der Waals surface area contributed by atoms with Crippen molar-refractivity contribution in [1.82, 2.24) is 4.98 Å². The van der Waals surface area contributed by atoms with Crippen molar-refractivity contribution in [2.75, 3.05) is 0 Å². The van der Waals surface area contributed by atoms with Crippen LogP contribution in [0.2, 0.25) is 0 Å². The number of pyridine rings is 1. The molecule has 0 aliphatic carbocycles. The van der Waals surface area contributed by atoms with Crippen LogP contribution < -0.4 is 0 Å². The minimum absolute atomic E-state index is 0.0983. The minimum atomic E-state index is 0.0983. The number of rotatable bonds is 4. The number of aromatic nitrogens is 1. The van der Waals surface area contributed by atoms with Gasteiger partial charge >= 0.3 is 0 Å². The Balaban J connectivity index is 2.94. The summed E-state index contributed by atoms with van der Waals surface area (Å²) in [5, 5.41) is 0. The molecular formula is C11H14BrNO. The number of nitrogens with zero attached hydrogens (tertiary/aromatic N) is 1.